The van der Waals surface area contributed by atoms with Gasteiger partial charge in [0.25, 0.3) is 0 Å². The summed E-state index contributed by atoms with van der Waals surface area (Å²) in [6, 6.07) is -0.540. The molecule has 0 saturated carbocycles. The fraction of sp³-hybridized carbons (Fsp3) is 0.930. The van der Waals surface area contributed by atoms with E-state index >= 15 is 0 Å². The molecule has 2 unspecified atom stereocenters. The molecule has 92 heavy (non-hydrogen) atoms. The van der Waals surface area contributed by atoms with E-state index in [0.29, 0.717) is 25.9 Å². The zero-order chi connectivity index (χ0) is 66.3. The molecule has 0 aromatic rings. The highest BCUT2D eigenvalue weighted by molar-refractivity contribution is 5.76. The Morgan fingerprint density at radius 3 is 0.772 bits per heavy atom. The first kappa shape index (κ1) is 90.3. The van der Waals surface area contributed by atoms with Crippen LogP contribution in [0.15, 0.2) is 24.3 Å². The molecule has 0 saturated heterocycles. The largest absolute Gasteiger partial charge is 0.466 e. The van der Waals surface area contributed by atoms with E-state index in [2.05, 4.69) is 43.5 Å². The SMILES string of the molecule is CCCCCCCC/C=C\CCCCCCCC(=O)OCCCCCCCCCCCCCCCCCC/C=C\CCCCCCCCCCCCCCCCCCCC(=O)NC(CO)C(O)CCCCCCCCCCCCCCCCCCCCCCCCC. The summed E-state index contributed by atoms with van der Waals surface area (Å²) in [5.74, 6) is -0.0103. The number of amides is 1. The maximum atomic E-state index is 12.6. The Balaban J connectivity index is 3.33. The molecule has 3 N–H and O–H groups in total. The van der Waals surface area contributed by atoms with Crippen molar-refractivity contribution in [3.05, 3.63) is 24.3 Å². The fourth-order valence-corrected chi connectivity index (χ4v) is 13.8. The second kappa shape index (κ2) is 81.8. The van der Waals surface area contributed by atoms with Crippen molar-refractivity contribution in [3.8, 4) is 0 Å². The maximum absolute atomic E-state index is 12.6. The highest BCUT2D eigenvalue weighted by Crippen LogP contribution is 2.21. The van der Waals surface area contributed by atoms with Gasteiger partial charge in [0.2, 0.25) is 5.91 Å². The predicted octanol–water partition coefficient (Wildman–Crippen LogP) is 28.4. The van der Waals surface area contributed by atoms with Crippen molar-refractivity contribution in [2.24, 2.45) is 0 Å². The van der Waals surface area contributed by atoms with E-state index in [4.69, 9.17) is 4.74 Å². The van der Waals surface area contributed by atoms with Gasteiger partial charge in [0.15, 0.2) is 0 Å². The van der Waals surface area contributed by atoms with Gasteiger partial charge in [0.05, 0.1) is 25.4 Å². The average Bonchev–Trinajstić information content (AvgIpc) is 3.62. The zero-order valence-electron chi connectivity index (χ0n) is 62.8. The van der Waals surface area contributed by atoms with Gasteiger partial charge in [-0.2, -0.15) is 0 Å². The van der Waals surface area contributed by atoms with Gasteiger partial charge in [0, 0.05) is 12.8 Å². The van der Waals surface area contributed by atoms with Crippen molar-refractivity contribution >= 4 is 11.9 Å². The summed E-state index contributed by atoms with van der Waals surface area (Å²) in [5.41, 5.74) is 0. The molecule has 546 valence electrons. The van der Waals surface area contributed by atoms with Crippen LogP contribution in [0.5, 0.6) is 0 Å². The Labute approximate surface area is 577 Å². The Kier molecular flexibility index (Phi) is 80.3. The van der Waals surface area contributed by atoms with Crippen LogP contribution < -0.4 is 5.32 Å². The Bertz CT molecular complexity index is 1450. The molecule has 0 heterocycles. The summed E-state index contributed by atoms with van der Waals surface area (Å²) in [7, 11) is 0. The lowest BCUT2D eigenvalue weighted by Gasteiger charge is -2.22. The second-order valence-electron chi connectivity index (χ2n) is 29.5. The Morgan fingerprint density at radius 1 is 0.293 bits per heavy atom. The average molecular weight is 1300 g/mol. The van der Waals surface area contributed by atoms with E-state index in [0.717, 1.165) is 44.9 Å². The van der Waals surface area contributed by atoms with Crippen molar-refractivity contribution in [1.82, 2.24) is 5.32 Å². The molecular weight excluding hydrogens is 1130 g/mol. The van der Waals surface area contributed by atoms with E-state index in [-0.39, 0.29) is 18.5 Å². The van der Waals surface area contributed by atoms with Gasteiger partial charge in [-0.15, -0.1) is 0 Å². The number of nitrogens with one attached hydrogen (secondary N) is 1. The molecule has 2 atom stereocenters. The number of unbranched alkanes of at least 4 members (excludes halogenated alkanes) is 66. The van der Waals surface area contributed by atoms with Gasteiger partial charge in [0.1, 0.15) is 0 Å². The fourth-order valence-electron chi connectivity index (χ4n) is 13.8. The molecule has 0 aromatic heterocycles. The van der Waals surface area contributed by atoms with Crippen molar-refractivity contribution in [1.29, 1.82) is 0 Å². The van der Waals surface area contributed by atoms with Gasteiger partial charge in [-0.3, -0.25) is 9.59 Å². The molecule has 0 bridgehead atoms. The van der Waals surface area contributed by atoms with Crippen LogP contribution in [0.3, 0.4) is 0 Å². The number of ether oxygens (including phenoxy) is 1. The molecule has 0 radical (unpaired) electrons. The van der Waals surface area contributed by atoms with E-state index in [1.165, 1.54) is 411 Å². The molecule has 0 aromatic carbocycles. The number of hydrogen-bond acceptors (Lipinski definition) is 5. The van der Waals surface area contributed by atoms with E-state index < -0.39 is 12.1 Å². The first-order valence-corrected chi connectivity index (χ1v) is 42.6. The zero-order valence-corrected chi connectivity index (χ0v) is 62.8. The molecule has 1 amide bonds. The lowest BCUT2D eigenvalue weighted by atomic mass is 10.0. The number of aliphatic hydroxyl groups is 2. The molecule has 0 rings (SSSR count). The molecule has 6 nitrogen and oxygen atoms in total. The summed E-state index contributed by atoms with van der Waals surface area (Å²) in [5, 5.41) is 23.5. The minimum absolute atomic E-state index is 0.0146. The lowest BCUT2D eigenvalue weighted by molar-refractivity contribution is -0.143. The number of rotatable bonds is 81. The quantitative estimate of drug-likeness (QED) is 0.0320. The second-order valence-corrected chi connectivity index (χ2v) is 29.5. The van der Waals surface area contributed by atoms with E-state index in [1.807, 2.05) is 0 Å². The van der Waals surface area contributed by atoms with Gasteiger partial charge in [-0.05, 0) is 77.0 Å². The van der Waals surface area contributed by atoms with Crippen LogP contribution in [-0.2, 0) is 14.3 Å². The molecule has 6 heteroatoms. The van der Waals surface area contributed by atoms with Crippen LogP contribution in [0, 0.1) is 0 Å². The van der Waals surface area contributed by atoms with Crippen LogP contribution in [0.25, 0.3) is 0 Å². The van der Waals surface area contributed by atoms with Crippen LogP contribution >= 0.6 is 0 Å². The highest BCUT2D eigenvalue weighted by Gasteiger charge is 2.20. The Hall–Kier alpha value is -1.66. The molecule has 0 spiro atoms. The van der Waals surface area contributed by atoms with Gasteiger partial charge in [-0.1, -0.05) is 423 Å². The third-order valence-electron chi connectivity index (χ3n) is 20.2. The number of hydrogen-bond donors (Lipinski definition) is 3. The third-order valence-corrected chi connectivity index (χ3v) is 20.2. The first-order valence-electron chi connectivity index (χ1n) is 42.6. The van der Waals surface area contributed by atoms with Crippen molar-refractivity contribution in [3.63, 3.8) is 0 Å². The molecule has 0 aliphatic carbocycles. The van der Waals surface area contributed by atoms with Crippen LogP contribution in [0.4, 0.5) is 0 Å². The smallest absolute Gasteiger partial charge is 0.305 e. The monoisotopic (exact) mass is 1290 g/mol. The Morgan fingerprint density at radius 2 is 0.511 bits per heavy atom. The summed E-state index contributed by atoms with van der Waals surface area (Å²) >= 11 is 0. The number of aliphatic hydroxyl groups excluding tert-OH is 2. The van der Waals surface area contributed by atoms with Crippen molar-refractivity contribution in [2.45, 2.75) is 501 Å². The van der Waals surface area contributed by atoms with Gasteiger partial charge < -0.3 is 20.3 Å². The summed E-state index contributed by atoms with van der Waals surface area (Å²) in [6.07, 6.45) is 106. The minimum atomic E-state index is -0.663. The standard InChI is InChI=1S/C86H167NO5/c1-3-5-7-9-11-13-15-17-19-20-21-22-38-41-44-47-51-54-58-62-66-70-74-78-84(89)83(82-88)87-85(90)79-75-71-67-63-59-55-52-48-45-42-39-36-34-32-30-28-26-24-23-25-27-29-31-33-35-37-40-43-46-49-53-57-61-65-69-73-77-81-92-86(91)80-76-72-68-64-60-56-50-18-16-14-12-10-8-6-4-2/h18,23,25,50,83-84,88-89H,3-17,19-22,24,26-49,51-82H2,1-2H3,(H,87,90)/b25-23-,50-18-. The van der Waals surface area contributed by atoms with Crippen LogP contribution in [-0.4, -0.2) is 47.4 Å². The van der Waals surface area contributed by atoms with Crippen molar-refractivity contribution in [2.75, 3.05) is 13.2 Å². The molecule has 0 aliphatic heterocycles. The first-order chi connectivity index (χ1) is 45.5. The van der Waals surface area contributed by atoms with E-state index in [9.17, 15) is 19.8 Å². The van der Waals surface area contributed by atoms with Gasteiger partial charge >= 0.3 is 5.97 Å². The minimum Gasteiger partial charge on any atom is -0.466 e. The third kappa shape index (κ3) is 77.3. The van der Waals surface area contributed by atoms with Crippen molar-refractivity contribution < 1.29 is 24.5 Å². The summed E-state index contributed by atoms with van der Waals surface area (Å²) < 4.78 is 5.50. The highest BCUT2D eigenvalue weighted by atomic mass is 16.5. The van der Waals surface area contributed by atoms with Crippen LogP contribution in [0.2, 0.25) is 0 Å². The topological polar surface area (TPSA) is 95.9 Å². The molecular formula is C86H167NO5. The number of esters is 1. The normalized spacial score (nSPS) is 12.5. The maximum Gasteiger partial charge on any atom is 0.305 e. The molecule has 0 fully saturated rings. The summed E-state index contributed by atoms with van der Waals surface area (Å²) in [6.45, 7) is 5.00. The number of carbonyl (C=O) groups excluding carboxylic acids is 2. The molecule has 0 aliphatic rings. The predicted molar refractivity (Wildman–Crippen MR) is 407 cm³/mol. The lowest BCUT2D eigenvalue weighted by Crippen LogP contribution is -2.45. The number of carbonyl (C=O) groups is 2. The van der Waals surface area contributed by atoms with E-state index in [1.54, 1.807) is 0 Å². The van der Waals surface area contributed by atoms with Crippen LogP contribution in [0.1, 0.15) is 489 Å². The summed E-state index contributed by atoms with van der Waals surface area (Å²) in [4.78, 5) is 24.7. The van der Waals surface area contributed by atoms with Gasteiger partial charge in [-0.25, -0.2) is 0 Å². The number of allylic oxidation sites excluding steroid dienone is 4.